The molecule has 1 aliphatic rings. The lowest BCUT2D eigenvalue weighted by Gasteiger charge is -2.19. The van der Waals surface area contributed by atoms with Gasteiger partial charge in [0, 0.05) is 6.54 Å². The Bertz CT molecular complexity index is 682. The summed E-state index contributed by atoms with van der Waals surface area (Å²) in [6.45, 7) is 0.368. The van der Waals surface area contributed by atoms with E-state index in [1.165, 1.54) is 36.1 Å². The van der Waals surface area contributed by atoms with Gasteiger partial charge in [0.2, 0.25) is 0 Å². The molecule has 0 unspecified atom stereocenters. The minimum atomic E-state index is -0.280. The fourth-order valence-corrected chi connectivity index (χ4v) is 2.88. The molecule has 1 aliphatic carbocycles. The smallest absolute Gasteiger partial charge is 0.258 e. The number of ether oxygens (including phenoxy) is 1. The van der Waals surface area contributed by atoms with Crippen molar-refractivity contribution >= 4 is 5.91 Å². The van der Waals surface area contributed by atoms with Crippen LogP contribution in [0.2, 0.25) is 0 Å². The van der Waals surface area contributed by atoms with E-state index < -0.39 is 0 Å². The van der Waals surface area contributed by atoms with Crippen LogP contribution in [-0.4, -0.2) is 12.5 Å². The molecule has 0 aromatic heterocycles. The molecule has 0 spiro atoms. The Kier molecular flexibility index (Phi) is 4.91. The number of halogens is 1. The third-order valence-corrected chi connectivity index (χ3v) is 4.11. The first-order valence-corrected chi connectivity index (χ1v) is 7.97. The van der Waals surface area contributed by atoms with E-state index in [0.29, 0.717) is 6.54 Å². The van der Waals surface area contributed by atoms with Crippen LogP contribution < -0.4 is 10.1 Å². The zero-order chi connectivity index (χ0) is 16.1. The molecule has 3 nitrogen and oxygen atoms in total. The van der Waals surface area contributed by atoms with Crippen molar-refractivity contribution in [2.24, 2.45) is 0 Å². The second-order valence-corrected chi connectivity index (χ2v) is 5.79. The van der Waals surface area contributed by atoms with E-state index in [2.05, 4.69) is 11.4 Å². The summed E-state index contributed by atoms with van der Waals surface area (Å²) in [7, 11) is 0. The van der Waals surface area contributed by atoms with E-state index in [9.17, 15) is 9.18 Å². The lowest BCUT2D eigenvalue weighted by molar-refractivity contribution is -0.123. The van der Waals surface area contributed by atoms with Crippen molar-refractivity contribution in [1.29, 1.82) is 0 Å². The summed E-state index contributed by atoms with van der Waals surface area (Å²) in [5, 5.41) is 2.78. The average molecular weight is 313 g/mol. The first-order chi connectivity index (χ1) is 11.2. The van der Waals surface area contributed by atoms with Crippen molar-refractivity contribution in [2.75, 3.05) is 6.61 Å². The Morgan fingerprint density at radius 2 is 1.87 bits per heavy atom. The van der Waals surface area contributed by atoms with Gasteiger partial charge in [-0.25, -0.2) is 4.39 Å². The van der Waals surface area contributed by atoms with Crippen molar-refractivity contribution in [2.45, 2.75) is 32.2 Å². The number of fused-ring (bicyclic) bond motifs is 1. The third kappa shape index (κ3) is 4.09. The lowest BCUT2D eigenvalue weighted by Crippen LogP contribution is -2.28. The molecular formula is C19H20FNO2. The maximum Gasteiger partial charge on any atom is 0.258 e. The summed E-state index contributed by atoms with van der Waals surface area (Å²) in [6.07, 6.45) is 4.49. The van der Waals surface area contributed by atoms with Gasteiger partial charge in [0.05, 0.1) is 0 Å². The van der Waals surface area contributed by atoms with Crippen LogP contribution in [0.15, 0.2) is 42.5 Å². The number of benzene rings is 2. The molecule has 0 aliphatic heterocycles. The van der Waals surface area contributed by atoms with Crippen LogP contribution in [0.25, 0.3) is 0 Å². The van der Waals surface area contributed by atoms with Crippen molar-refractivity contribution in [1.82, 2.24) is 5.32 Å². The Morgan fingerprint density at radius 1 is 1.09 bits per heavy atom. The number of carbonyl (C=O) groups is 1. The Labute approximate surface area is 135 Å². The zero-order valence-corrected chi connectivity index (χ0v) is 13.0. The summed E-state index contributed by atoms with van der Waals surface area (Å²) in [6, 6.07) is 12.1. The van der Waals surface area contributed by atoms with E-state index in [4.69, 9.17) is 4.74 Å². The summed E-state index contributed by atoms with van der Waals surface area (Å²) < 4.78 is 18.5. The maximum absolute atomic E-state index is 12.8. The average Bonchev–Trinajstić information content (AvgIpc) is 2.59. The van der Waals surface area contributed by atoms with Crippen LogP contribution in [0.5, 0.6) is 5.75 Å². The van der Waals surface area contributed by atoms with Crippen LogP contribution >= 0.6 is 0 Å². The van der Waals surface area contributed by atoms with E-state index in [-0.39, 0.29) is 18.3 Å². The highest BCUT2D eigenvalue weighted by molar-refractivity contribution is 5.77. The molecule has 120 valence electrons. The van der Waals surface area contributed by atoms with Gasteiger partial charge in [0.25, 0.3) is 5.91 Å². The van der Waals surface area contributed by atoms with E-state index in [0.717, 1.165) is 24.2 Å². The van der Waals surface area contributed by atoms with Crippen LogP contribution in [0.1, 0.15) is 29.5 Å². The highest BCUT2D eigenvalue weighted by atomic mass is 19.1. The summed E-state index contributed by atoms with van der Waals surface area (Å²) in [4.78, 5) is 11.9. The molecule has 2 aromatic rings. The van der Waals surface area contributed by atoms with E-state index >= 15 is 0 Å². The number of amides is 1. The number of rotatable bonds is 5. The highest BCUT2D eigenvalue weighted by Crippen LogP contribution is 2.29. The highest BCUT2D eigenvalue weighted by Gasteiger charge is 2.14. The number of nitrogens with one attached hydrogen (secondary N) is 1. The molecule has 3 rings (SSSR count). The zero-order valence-electron chi connectivity index (χ0n) is 13.0. The van der Waals surface area contributed by atoms with Crippen molar-refractivity contribution < 1.29 is 13.9 Å². The van der Waals surface area contributed by atoms with Gasteiger partial charge in [0.1, 0.15) is 11.6 Å². The van der Waals surface area contributed by atoms with Gasteiger partial charge in [-0.3, -0.25) is 4.79 Å². The second kappa shape index (κ2) is 7.27. The van der Waals surface area contributed by atoms with Crippen LogP contribution in [-0.2, 0) is 24.2 Å². The summed E-state index contributed by atoms with van der Waals surface area (Å²) >= 11 is 0. The Morgan fingerprint density at radius 3 is 2.70 bits per heavy atom. The number of aryl methyl sites for hydroxylation is 1. The quantitative estimate of drug-likeness (QED) is 0.919. The molecule has 0 fully saturated rings. The largest absolute Gasteiger partial charge is 0.483 e. The number of carbonyl (C=O) groups excluding carboxylic acids is 1. The number of hydrogen-bond donors (Lipinski definition) is 1. The van der Waals surface area contributed by atoms with Gasteiger partial charge >= 0.3 is 0 Å². The fraction of sp³-hybridized carbons (Fsp3) is 0.316. The first-order valence-electron chi connectivity index (χ1n) is 7.97. The predicted octanol–water partition coefficient (Wildman–Crippen LogP) is 3.40. The van der Waals surface area contributed by atoms with Crippen molar-refractivity contribution in [3.05, 3.63) is 65.0 Å². The monoisotopic (exact) mass is 313 g/mol. The topological polar surface area (TPSA) is 38.3 Å². The SMILES string of the molecule is O=C(COc1cccc2c1CCCC2)NCc1ccc(F)cc1. The molecule has 0 heterocycles. The van der Waals surface area contributed by atoms with Gasteiger partial charge in [-0.1, -0.05) is 24.3 Å². The van der Waals surface area contributed by atoms with Crippen LogP contribution in [0.3, 0.4) is 0 Å². The van der Waals surface area contributed by atoms with Crippen molar-refractivity contribution in [3.8, 4) is 5.75 Å². The Balaban J connectivity index is 1.52. The molecule has 1 amide bonds. The lowest BCUT2D eigenvalue weighted by atomic mass is 9.91. The Hall–Kier alpha value is -2.36. The molecular weight excluding hydrogens is 293 g/mol. The number of hydrogen-bond acceptors (Lipinski definition) is 2. The van der Waals surface area contributed by atoms with Gasteiger partial charge in [0.15, 0.2) is 6.61 Å². The first kappa shape index (κ1) is 15.5. The minimum absolute atomic E-state index is 0.00233. The molecule has 1 N–H and O–H groups in total. The maximum atomic E-state index is 12.8. The predicted molar refractivity (Wildman–Crippen MR) is 86.8 cm³/mol. The third-order valence-electron chi connectivity index (χ3n) is 4.11. The molecule has 0 saturated carbocycles. The fourth-order valence-electron chi connectivity index (χ4n) is 2.88. The van der Waals surface area contributed by atoms with E-state index in [1.807, 2.05) is 12.1 Å². The van der Waals surface area contributed by atoms with Crippen LogP contribution in [0, 0.1) is 5.82 Å². The summed E-state index contributed by atoms with van der Waals surface area (Å²) in [5.74, 6) is 0.360. The molecule has 4 heteroatoms. The minimum Gasteiger partial charge on any atom is -0.483 e. The van der Waals surface area contributed by atoms with Gasteiger partial charge in [-0.2, -0.15) is 0 Å². The van der Waals surface area contributed by atoms with Crippen molar-refractivity contribution in [3.63, 3.8) is 0 Å². The molecule has 2 aromatic carbocycles. The van der Waals surface area contributed by atoms with Gasteiger partial charge in [-0.05, 0) is 60.6 Å². The molecule has 0 atom stereocenters. The van der Waals surface area contributed by atoms with E-state index in [1.54, 1.807) is 12.1 Å². The molecule has 0 bridgehead atoms. The molecule has 0 saturated heterocycles. The van der Waals surface area contributed by atoms with Crippen LogP contribution in [0.4, 0.5) is 4.39 Å². The van der Waals surface area contributed by atoms with Gasteiger partial charge < -0.3 is 10.1 Å². The second-order valence-electron chi connectivity index (χ2n) is 5.79. The normalized spacial score (nSPS) is 13.3. The molecule has 23 heavy (non-hydrogen) atoms. The summed E-state index contributed by atoms with van der Waals surface area (Å²) in [5.41, 5.74) is 3.43. The molecule has 0 radical (unpaired) electrons. The van der Waals surface area contributed by atoms with Gasteiger partial charge in [-0.15, -0.1) is 0 Å². The standard InChI is InChI=1S/C19H20FNO2/c20-16-10-8-14(9-11-16)12-21-19(22)13-23-18-7-3-5-15-4-1-2-6-17(15)18/h3,5,7-11H,1-2,4,6,12-13H2,(H,21,22).